The summed E-state index contributed by atoms with van der Waals surface area (Å²) in [6, 6.07) is 19.9. The van der Waals surface area contributed by atoms with E-state index in [1.807, 2.05) is 61.0 Å². The normalized spacial score (nSPS) is 11.5. The Morgan fingerprint density at radius 3 is 1.50 bits per heavy atom. The first kappa shape index (κ1) is 15.8. The molecule has 0 aliphatic heterocycles. The van der Waals surface area contributed by atoms with Crippen LogP contribution in [0.4, 0.5) is 11.4 Å². The van der Waals surface area contributed by atoms with E-state index < -0.39 is 0 Å². The smallest absolute Gasteiger partial charge is 0.0709 e. The summed E-state index contributed by atoms with van der Waals surface area (Å²) in [6.07, 6.45) is 10.7. The molecule has 0 amide bonds. The second kappa shape index (κ2) is 7.49. The van der Waals surface area contributed by atoms with Crippen LogP contribution in [0.1, 0.15) is 11.1 Å². The second-order valence-corrected chi connectivity index (χ2v) is 5.74. The third kappa shape index (κ3) is 3.54. The Labute approximate surface area is 151 Å². The quantitative estimate of drug-likeness (QED) is 0.485. The Balaban J connectivity index is 1.71. The topological polar surface area (TPSA) is 50.5 Å². The minimum Gasteiger partial charge on any atom is -0.264 e. The van der Waals surface area contributed by atoms with Crippen molar-refractivity contribution >= 4 is 34.6 Å². The lowest BCUT2D eigenvalue weighted by atomic mass is 10.1. The van der Waals surface area contributed by atoms with Crippen LogP contribution in [0, 0.1) is 0 Å². The molecule has 0 saturated heterocycles. The standard InChI is InChI=1S/C22H16N4/c1-7-19-20(21(9-1)25-15-17-5-3-11-23-13-17)8-2-10-22(19)26-16-18-6-4-12-24-14-18/h1-16H. The molecular weight excluding hydrogens is 320 g/mol. The first-order valence-corrected chi connectivity index (χ1v) is 8.30. The summed E-state index contributed by atoms with van der Waals surface area (Å²) in [5.41, 5.74) is 3.75. The average Bonchev–Trinajstić information content (AvgIpc) is 2.72. The van der Waals surface area contributed by atoms with Crippen molar-refractivity contribution in [1.82, 2.24) is 9.97 Å². The van der Waals surface area contributed by atoms with Gasteiger partial charge in [0.1, 0.15) is 0 Å². The Bertz CT molecular complexity index is 982. The monoisotopic (exact) mass is 336 g/mol. The number of hydrogen-bond acceptors (Lipinski definition) is 4. The molecule has 0 N–H and O–H groups in total. The zero-order valence-corrected chi connectivity index (χ0v) is 14.0. The Kier molecular flexibility index (Phi) is 4.56. The number of aliphatic imine (C=N–C) groups is 2. The summed E-state index contributed by atoms with van der Waals surface area (Å²) in [4.78, 5) is 17.5. The number of benzene rings is 2. The highest BCUT2D eigenvalue weighted by molar-refractivity contribution is 6.02. The summed E-state index contributed by atoms with van der Waals surface area (Å²) in [7, 11) is 0. The Morgan fingerprint density at radius 1 is 0.577 bits per heavy atom. The molecule has 4 heteroatoms. The fraction of sp³-hybridized carbons (Fsp3) is 0. The van der Waals surface area contributed by atoms with Gasteiger partial charge in [-0.3, -0.25) is 20.0 Å². The number of aromatic nitrogens is 2. The molecule has 4 nitrogen and oxygen atoms in total. The van der Waals surface area contributed by atoms with Crippen molar-refractivity contribution in [2.45, 2.75) is 0 Å². The van der Waals surface area contributed by atoms with Crippen LogP contribution in [0.5, 0.6) is 0 Å². The molecule has 124 valence electrons. The van der Waals surface area contributed by atoms with Crippen LogP contribution in [0.15, 0.2) is 95.4 Å². The zero-order chi connectivity index (χ0) is 17.6. The summed E-state index contributed by atoms with van der Waals surface area (Å²) in [5, 5.41) is 2.13. The van der Waals surface area contributed by atoms with Crippen molar-refractivity contribution in [1.29, 1.82) is 0 Å². The molecule has 0 unspecified atom stereocenters. The van der Waals surface area contributed by atoms with Crippen LogP contribution in [-0.4, -0.2) is 22.4 Å². The van der Waals surface area contributed by atoms with Crippen LogP contribution in [0.25, 0.3) is 10.8 Å². The maximum Gasteiger partial charge on any atom is 0.0709 e. The molecule has 0 fully saturated rings. The van der Waals surface area contributed by atoms with Crippen LogP contribution >= 0.6 is 0 Å². The molecule has 0 spiro atoms. The lowest BCUT2D eigenvalue weighted by Gasteiger charge is -2.05. The highest BCUT2D eigenvalue weighted by atomic mass is 14.7. The third-order valence-corrected chi connectivity index (χ3v) is 3.95. The van der Waals surface area contributed by atoms with E-state index in [9.17, 15) is 0 Å². The molecule has 0 radical (unpaired) electrons. The van der Waals surface area contributed by atoms with E-state index in [1.165, 1.54) is 0 Å². The molecular formula is C22H16N4. The fourth-order valence-corrected chi connectivity index (χ4v) is 2.69. The lowest BCUT2D eigenvalue weighted by molar-refractivity contribution is 1.32. The van der Waals surface area contributed by atoms with Gasteiger partial charge in [-0.25, -0.2) is 0 Å². The predicted octanol–water partition coefficient (Wildman–Crippen LogP) is 5.13. The Morgan fingerprint density at radius 2 is 1.08 bits per heavy atom. The maximum atomic E-state index is 4.64. The van der Waals surface area contributed by atoms with Gasteiger partial charge in [-0.05, 0) is 24.3 Å². The van der Waals surface area contributed by atoms with Gasteiger partial charge in [0.05, 0.1) is 11.4 Å². The van der Waals surface area contributed by atoms with Gasteiger partial charge >= 0.3 is 0 Å². The Hall–Kier alpha value is -3.66. The molecule has 2 aromatic carbocycles. The van der Waals surface area contributed by atoms with E-state index in [1.54, 1.807) is 24.8 Å². The molecule has 0 aliphatic carbocycles. The molecule has 0 saturated carbocycles. The van der Waals surface area contributed by atoms with Gasteiger partial charge in [-0.2, -0.15) is 0 Å². The number of fused-ring (bicyclic) bond motifs is 1. The fourth-order valence-electron chi connectivity index (χ4n) is 2.69. The van der Waals surface area contributed by atoms with E-state index in [4.69, 9.17) is 0 Å². The summed E-state index contributed by atoms with van der Waals surface area (Å²) >= 11 is 0. The molecule has 2 heterocycles. The number of hydrogen-bond donors (Lipinski definition) is 0. The number of rotatable bonds is 4. The summed E-state index contributed by atoms with van der Waals surface area (Å²) in [6.45, 7) is 0. The van der Waals surface area contributed by atoms with Crippen LogP contribution < -0.4 is 0 Å². The van der Waals surface area contributed by atoms with Crippen molar-refractivity contribution in [2.75, 3.05) is 0 Å². The van der Waals surface area contributed by atoms with Crippen molar-refractivity contribution in [3.8, 4) is 0 Å². The molecule has 2 aromatic heterocycles. The highest BCUT2D eigenvalue weighted by Gasteiger charge is 2.03. The van der Waals surface area contributed by atoms with Crippen molar-refractivity contribution < 1.29 is 0 Å². The second-order valence-electron chi connectivity index (χ2n) is 5.74. The van der Waals surface area contributed by atoms with Gasteiger partial charge in [-0.1, -0.05) is 36.4 Å². The minimum atomic E-state index is 0.907. The summed E-state index contributed by atoms with van der Waals surface area (Å²) in [5.74, 6) is 0. The lowest BCUT2D eigenvalue weighted by Crippen LogP contribution is -1.83. The maximum absolute atomic E-state index is 4.64. The van der Waals surface area contributed by atoms with Gasteiger partial charge in [-0.15, -0.1) is 0 Å². The average molecular weight is 336 g/mol. The van der Waals surface area contributed by atoms with Crippen molar-refractivity contribution in [3.63, 3.8) is 0 Å². The van der Waals surface area contributed by atoms with Crippen molar-refractivity contribution in [3.05, 3.63) is 96.6 Å². The predicted molar refractivity (Wildman–Crippen MR) is 107 cm³/mol. The molecule has 0 bridgehead atoms. The zero-order valence-electron chi connectivity index (χ0n) is 14.0. The first-order chi connectivity index (χ1) is 12.9. The molecule has 4 rings (SSSR count). The van der Waals surface area contributed by atoms with E-state index in [0.717, 1.165) is 33.3 Å². The van der Waals surface area contributed by atoms with Gasteiger partial charge < -0.3 is 0 Å². The number of pyridine rings is 2. The molecule has 0 aliphatic rings. The van der Waals surface area contributed by atoms with E-state index in [-0.39, 0.29) is 0 Å². The molecule has 0 atom stereocenters. The van der Waals surface area contributed by atoms with Gasteiger partial charge in [0.2, 0.25) is 0 Å². The van der Waals surface area contributed by atoms with Gasteiger partial charge in [0.15, 0.2) is 0 Å². The largest absolute Gasteiger partial charge is 0.264 e. The SMILES string of the molecule is C(=Nc1cccc2c(N=Cc3cccnc3)cccc12)c1cccnc1. The minimum absolute atomic E-state index is 0.907. The first-order valence-electron chi connectivity index (χ1n) is 8.30. The van der Waals surface area contributed by atoms with Crippen LogP contribution in [0.2, 0.25) is 0 Å². The summed E-state index contributed by atoms with van der Waals surface area (Å²) < 4.78 is 0. The van der Waals surface area contributed by atoms with Gasteiger partial charge in [0, 0.05) is 59.1 Å². The van der Waals surface area contributed by atoms with E-state index in [0.29, 0.717) is 0 Å². The molecule has 4 aromatic rings. The molecule has 26 heavy (non-hydrogen) atoms. The highest BCUT2D eigenvalue weighted by Crippen LogP contribution is 2.32. The van der Waals surface area contributed by atoms with Crippen LogP contribution in [-0.2, 0) is 0 Å². The van der Waals surface area contributed by atoms with Gasteiger partial charge in [0.25, 0.3) is 0 Å². The third-order valence-electron chi connectivity index (χ3n) is 3.95. The van der Waals surface area contributed by atoms with Crippen molar-refractivity contribution in [2.24, 2.45) is 9.98 Å². The van der Waals surface area contributed by atoms with Crippen LogP contribution in [0.3, 0.4) is 0 Å². The van der Waals surface area contributed by atoms with E-state index >= 15 is 0 Å². The van der Waals surface area contributed by atoms with E-state index in [2.05, 4.69) is 32.1 Å². The number of nitrogens with zero attached hydrogens (tertiary/aromatic N) is 4.